The van der Waals surface area contributed by atoms with Gasteiger partial charge in [0.25, 0.3) is 5.69 Å². The Bertz CT molecular complexity index is 591. The number of carbonyl (C=O) groups is 1. The van der Waals surface area contributed by atoms with Gasteiger partial charge in [-0.15, -0.1) is 0 Å². The van der Waals surface area contributed by atoms with Crippen LogP contribution in [0.15, 0.2) is 18.3 Å². The molecule has 0 atom stereocenters. The zero-order chi connectivity index (χ0) is 17.6. The molecule has 0 amide bonds. The third-order valence-electron chi connectivity index (χ3n) is 5.37. The lowest BCUT2D eigenvalue weighted by Crippen LogP contribution is -2.47. The number of pyridine rings is 1. The number of hydrogen-bond acceptors (Lipinski definition) is 6. The molecule has 1 aliphatic heterocycles. The summed E-state index contributed by atoms with van der Waals surface area (Å²) < 4.78 is 0. The molecule has 7 nitrogen and oxygen atoms in total. The molecule has 136 valence electrons. The minimum atomic E-state index is -0.432. The minimum absolute atomic E-state index is 0.0172. The van der Waals surface area contributed by atoms with Crippen molar-refractivity contribution in [3.63, 3.8) is 0 Å². The van der Waals surface area contributed by atoms with Crippen molar-refractivity contribution in [1.82, 2.24) is 9.88 Å². The standard InChI is InChI=1S/C18H26N4O3/c23-17(15-4-2-1-3-5-15)8-9-20-10-12-21(13-11-20)18-7-6-16(14-19-18)22(24)25/h6-7,14-15H,1-5,8-13H2. The van der Waals surface area contributed by atoms with E-state index in [4.69, 9.17) is 0 Å². The number of piperazine rings is 1. The number of ketones is 1. The van der Waals surface area contributed by atoms with E-state index in [2.05, 4.69) is 14.8 Å². The zero-order valence-electron chi connectivity index (χ0n) is 14.6. The highest BCUT2D eigenvalue weighted by molar-refractivity contribution is 5.81. The summed E-state index contributed by atoms with van der Waals surface area (Å²) in [7, 11) is 0. The molecule has 0 unspecified atom stereocenters. The van der Waals surface area contributed by atoms with Crippen LogP contribution >= 0.6 is 0 Å². The molecule has 7 heteroatoms. The molecule has 1 aromatic rings. The van der Waals surface area contributed by atoms with Gasteiger partial charge < -0.3 is 4.90 Å². The van der Waals surface area contributed by atoms with E-state index in [1.54, 1.807) is 6.07 Å². The molecular formula is C18H26N4O3. The smallest absolute Gasteiger partial charge is 0.287 e. The molecule has 25 heavy (non-hydrogen) atoms. The van der Waals surface area contributed by atoms with Crippen LogP contribution in [0.2, 0.25) is 0 Å². The number of rotatable bonds is 6. The van der Waals surface area contributed by atoms with Crippen molar-refractivity contribution in [3.8, 4) is 0 Å². The van der Waals surface area contributed by atoms with Crippen molar-refractivity contribution in [3.05, 3.63) is 28.4 Å². The number of aromatic nitrogens is 1. The first-order valence-electron chi connectivity index (χ1n) is 9.24. The molecule has 1 saturated heterocycles. The number of carbonyl (C=O) groups excluding carboxylic acids is 1. The lowest BCUT2D eigenvalue weighted by atomic mass is 9.85. The number of hydrogen-bond donors (Lipinski definition) is 0. The number of nitro groups is 1. The van der Waals surface area contributed by atoms with Crippen LogP contribution in [0.25, 0.3) is 0 Å². The first-order valence-corrected chi connectivity index (χ1v) is 9.24. The first kappa shape index (κ1) is 17.8. The third kappa shape index (κ3) is 4.75. The molecule has 0 aromatic carbocycles. The Morgan fingerprint density at radius 1 is 1.16 bits per heavy atom. The lowest BCUT2D eigenvalue weighted by molar-refractivity contribution is -0.385. The molecule has 2 aliphatic rings. The molecule has 0 N–H and O–H groups in total. The third-order valence-corrected chi connectivity index (χ3v) is 5.37. The molecule has 0 bridgehead atoms. The van der Waals surface area contributed by atoms with E-state index in [9.17, 15) is 14.9 Å². The monoisotopic (exact) mass is 346 g/mol. The Hall–Kier alpha value is -2.02. The Labute approximate surface area is 148 Å². The van der Waals surface area contributed by atoms with Gasteiger partial charge in [-0.3, -0.25) is 19.8 Å². The highest BCUT2D eigenvalue weighted by Gasteiger charge is 2.23. The van der Waals surface area contributed by atoms with Crippen LogP contribution in [-0.4, -0.2) is 53.3 Å². The fourth-order valence-electron chi connectivity index (χ4n) is 3.77. The van der Waals surface area contributed by atoms with Crippen molar-refractivity contribution in [2.45, 2.75) is 38.5 Å². The summed E-state index contributed by atoms with van der Waals surface area (Å²) in [6.07, 6.45) is 7.83. The van der Waals surface area contributed by atoms with Crippen molar-refractivity contribution in [1.29, 1.82) is 0 Å². The summed E-state index contributed by atoms with van der Waals surface area (Å²) in [5, 5.41) is 10.7. The SMILES string of the molecule is O=C(CCN1CCN(c2ccc([N+](=O)[O-])cn2)CC1)C1CCCCC1. The fourth-order valence-corrected chi connectivity index (χ4v) is 3.77. The number of anilines is 1. The molecule has 1 aromatic heterocycles. The van der Waals surface area contributed by atoms with Gasteiger partial charge in [0.15, 0.2) is 0 Å². The van der Waals surface area contributed by atoms with Crippen molar-refractivity contribution >= 4 is 17.3 Å². The maximum absolute atomic E-state index is 12.3. The second-order valence-electron chi connectivity index (χ2n) is 7.01. The Morgan fingerprint density at radius 2 is 1.88 bits per heavy atom. The van der Waals surface area contributed by atoms with Gasteiger partial charge in [-0.1, -0.05) is 19.3 Å². The van der Waals surface area contributed by atoms with Crippen LogP contribution in [0.1, 0.15) is 38.5 Å². The second-order valence-corrected chi connectivity index (χ2v) is 7.01. The largest absolute Gasteiger partial charge is 0.354 e. The molecule has 1 saturated carbocycles. The Balaban J connectivity index is 1.42. The van der Waals surface area contributed by atoms with E-state index in [0.717, 1.165) is 51.4 Å². The predicted octanol–water partition coefficient (Wildman–Crippen LogP) is 2.65. The molecular weight excluding hydrogens is 320 g/mol. The van der Waals surface area contributed by atoms with Crippen LogP contribution in [0.5, 0.6) is 0 Å². The second kappa shape index (κ2) is 8.38. The van der Waals surface area contributed by atoms with Crippen LogP contribution < -0.4 is 4.90 Å². The molecule has 2 heterocycles. The van der Waals surface area contributed by atoms with Crippen LogP contribution in [0.3, 0.4) is 0 Å². The fraction of sp³-hybridized carbons (Fsp3) is 0.667. The Kier molecular flexibility index (Phi) is 5.96. The van der Waals surface area contributed by atoms with Crippen LogP contribution in [-0.2, 0) is 4.79 Å². The average Bonchev–Trinajstić information content (AvgIpc) is 2.67. The topological polar surface area (TPSA) is 79.6 Å². The molecule has 0 spiro atoms. The van der Waals surface area contributed by atoms with E-state index in [1.165, 1.54) is 31.5 Å². The molecule has 1 aliphatic carbocycles. The van der Waals surface area contributed by atoms with Crippen LogP contribution in [0.4, 0.5) is 11.5 Å². The van der Waals surface area contributed by atoms with Gasteiger partial charge in [0.2, 0.25) is 0 Å². The predicted molar refractivity (Wildman–Crippen MR) is 95.7 cm³/mol. The molecule has 3 rings (SSSR count). The van der Waals surface area contributed by atoms with Gasteiger partial charge in [0.1, 0.15) is 17.8 Å². The van der Waals surface area contributed by atoms with Crippen molar-refractivity contribution in [2.24, 2.45) is 5.92 Å². The maximum Gasteiger partial charge on any atom is 0.287 e. The van der Waals surface area contributed by atoms with Crippen molar-refractivity contribution < 1.29 is 9.72 Å². The summed E-state index contributed by atoms with van der Waals surface area (Å²) in [5.41, 5.74) is 0.0172. The molecule has 0 radical (unpaired) electrons. The summed E-state index contributed by atoms with van der Waals surface area (Å²) in [4.78, 5) is 31.2. The van der Waals surface area contributed by atoms with Gasteiger partial charge in [0.05, 0.1) is 4.92 Å². The van der Waals surface area contributed by atoms with Crippen molar-refractivity contribution in [2.75, 3.05) is 37.6 Å². The van der Waals surface area contributed by atoms with Gasteiger partial charge in [-0.2, -0.15) is 0 Å². The first-order chi connectivity index (χ1) is 12.1. The quantitative estimate of drug-likeness (QED) is 0.582. The van der Waals surface area contributed by atoms with Gasteiger partial charge in [-0.25, -0.2) is 4.98 Å². The van der Waals surface area contributed by atoms with Gasteiger partial charge in [0, 0.05) is 51.1 Å². The number of nitrogens with zero attached hydrogens (tertiary/aromatic N) is 4. The normalized spacial score (nSPS) is 19.8. The summed E-state index contributed by atoms with van der Waals surface area (Å²) in [6.45, 7) is 4.31. The van der Waals surface area contributed by atoms with E-state index >= 15 is 0 Å². The van der Waals surface area contributed by atoms with E-state index in [-0.39, 0.29) is 5.69 Å². The zero-order valence-corrected chi connectivity index (χ0v) is 14.6. The highest BCUT2D eigenvalue weighted by atomic mass is 16.6. The summed E-state index contributed by atoms with van der Waals surface area (Å²) >= 11 is 0. The van der Waals surface area contributed by atoms with Gasteiger partial charge in [-0.05, 0) is 18.9 Å². The Morgan fingerprint density at radius 3 is 2.48 bits per heavy atom. The summed E-state index contributed by atoms with van der Waals surface area (Å²) in [6, 6.07) is 3.21. The van der Waals surface area contributed by atoms with Gasteiger partial charge >= 0.3 is 0 Å². The van der Waals surface area contributed by atoms with E-state index < -0.39 is 4.92 Å². The van der Waals surface area contributed by atoms with Crippen LogP contribution in [0, 0.1) is 16.0 Å². The molecule has 2 fully saturated rings. The summed E-state index contributed by atoms with van der Waals surface area (Å²) in [5.74, 6) is 1.53. The highest BCUT2D eigenvalue weighted by Crippen LogP contribution is 2.25. The maximum atomic E-state index is 12.3. The van der Waals surface area contributed by atoms with E-state index in [1.807, 2.05) is 0 Å². The minimum Gasteiger partial charge on any atom is -0.354 e. The van der Waals surface area contributed by atoms with E-state index in [0.29, 0.717) is 18.1 Å². The average molecular weight is 346 g/mol. The number of Topliss-reactive ketones (excluding diaryl/α,β-unsaturated/α-hetero) is 1. The lowest BCUT2D eigenvalue weighted by Gasteiger charge is -2.35.